The fraction of sp³-hybridized carbons (Fsp3) is 0.174. The van der Waals surface area contributed by atoms with Crippen molar-refractivity contribution in [2.24, 2.45) is 0 Å². The maximum atomic E-state index is 14.2. The van der Waals surface area contributed by atoms with Crippen LogP contribution >= 0.6 is 0 Å². The number of halogens is 1. The molecule has 156 valence electrons. The first-order valence-corrected chi connectivity index (χ1v) is 10.9. The minimum atomic E-state index is -4.02. The van der Waals surface area contributed by atoms with Crippen molar-refractivity contribution in [3.05, 3.63) is 95.3 Å². The molecule has 0 heterocycles. The maximum absolute atomic E-state index is 14.2. The number of nitrogens with zero attached hydrogens (tertiary/aromatic N) is 1. The molecule has 0 aliphatic rings. The SMILES string of the molecule is Cc1ccc(S(=O)(=O)N(CC(=O)Nc2cccc(C)c2)Cc2ccccc2F)cc1. The van der Waals surface area contributed by atoms with E-state index >= 15 is 0 Å². The zero-order valence-electron chi connectivity index (χ0n) is 16.8. The van der Waals surface area contributed by atoms with Crippen LogP contribution < -0.4 is 5.32 Å². The van der Waals surface area contributed by atoms with Crippen LogP contribution in [-0.4, -0.2) is 25.2 Å². The predicted molar refractivity (Wildman–Crippen MR) is 115 cm³/mol. The fourth-order valence-electron chi connectivity index (χ4n) is 2.99. The van der Waals surface area contributed by atoms with E-state index in [9.17, 15) is 17.6 Å². The Morgan fingerprint density at radius 1 is 0.933 bits per heavy atom. The summed E-state index contributed by atoms with van der Waals surface area (Å²) < 4.78 is 41.6. The first-order valence-electron chi connectivity index (χ1n) is 9.42. The van der Waals surface area contributed by atoms with Gasteiger partial charge < -0.3 is 5.32 Å². The van der Waals surface area contributed by atoms with Crippen LogP contribution in [0, 0.1) is 19.7 Å². The van der Waals surface area contributed by atoms with Crippen molar-refractivity contribution in [2.75, 3.05) is 11.9 Å². The molecule has 0 radical (unpaired) electrons. The van der Waals surface area contributed by atoms with E-state index in [1.54, 1.807) is 36.4 Å². The quantitative estimate of drug-likeness (QED) is 0.614. The number of sulfonamides is 1. The number of rotatable bonds is 7. The molecule has 7 heteroatoms. The second kappa shape index (κ2) is 9.19. The third-order valence-electron chi connectivity index (χ3n) is 4.59. The van der Waals surface area contributed by atoms with E-state index in [0.29, 0.717) is 5.69 Å². The highest BCUT2D eigenvalue weighted by molar-refractivity contribution is 7.89. The van der Waals surface area contributed by atoms with Crippen molar-refractivity contribution in [3.8, 4) is 0 Å². The molecule has 3 rings (SSSR count). The Bertz CT molecular complexity index is 1150. The van der Waals surface area contributed by atoms with E-state index < -0.39 is 28.3 Å². The second-order valence-corrected chi connectivity index (χ2v) is 9.03. The van der Waals surface area contributed by atoms with Gasteiger partial charge in [0.1, 0.15) is 5.82 Å². The normalized spacial score (nSPS) is 11.5. The van der Waals surface area contributed by atoms with Crippen molar-refractivity contribution >= 4 is 21.6 Å². The zero-order valence-corrected chi connectivity index (χ0v) is 17.6. The first kappa shape index (κ1) is 21.7. The molecule has 0 spiro atoms. The summed E-state index contributed by atoms with van der Waals surface area (Å²) in [6.07, 6.45) is 0. The van der Waals surface area contributed by atoms with Crippen LogP contribution in [-0.2, 0) is 21.4 Å². The minimum absolute atomic E-state index is 0.0489. The van der Waals surface area contributed by atoms with Crippen LogP contribution in [0.25, 0.3) is 0 Å². The third-order valence-corrected chi connectivity index (χ3v) is 6.39. The number of carbonyl (C=O) groups is 1. The van der Waals surface area contributed by atoms with Crippen LogP contribution in [0.15, 0.2) is 77.7 Å². The van der Waals surface area contributed by atoms with E-state index in [1.165, 1.54) is 30.3 Å². The first-order chi connectivity index (χ1) is 14.3. The van der Waals surface area contributed by atoms with Crippen molar-refractivity contribution in [2.45, 2.75) is 25.3 Å². The summed E-state index contributed by atoms with van der Waals surface area (Å²) >= 11 is 0. The molecule has 0 unspecified atom stereocenters. The summed E-state index contributed by atoms with van der Waals surface area (Å²) in [5.41, 5.74) is 2.63. The molecule has 0 aromatic heterocycles. The molecule has 0 saturated heterocycles. The number of amides is 1. The number of anilines is 1. The van der Waals surface area contributed by atoms with Gasteiger partial charge in [0.2, 0.25) is 15.9 Å². The zero-order chi connectivity index (χ0) is 21.7. The highest BCUT2D eigenvalue weighted by Gasteiger charge is 2.27. The number of hydrogen-bond acceptors (Lipinski definition) is 3. The Morgan fingerprint density at radius 2 is 1.63 bits per heavy atom. The average molecular weight is 427 g/mol. The van der Waals surface area contributed by atoms with E-state index in [1.807, 2.05) is 19.9 Å². The summed E-state index contributed by atoms with van der Waals surface area (Å²) in [7, 11) is -4.02. The van der Waals surface area contributed by atoms with E-state index in [-0.39, 0.29) is 17.0 Å². The Kier molecular flexibility index (Phi) is 6.64. The molecule has 0 fully saturated rings. The number of nitrogens with one attached hydrogen (secondary N) is 1. The second-order valence-electron chi connectivity index (χ2n) is 7.10. The standard InChI is InChI=1S/C23H23FN2O3S/c1-17-10-12-21(13-11-17)30(28,29)26(15-19-7-3-4-9-22(19)24)16-23(27)25-20-8-5-6-18(2)14-20/h3-14H,15-16H2,1-2H3,(H,25,27). The Hall–Kier alpha value is -3.03. The molecule has 0 aliphatic heterocycles. The maximum Gasteiger partial charge on any atom is 0.243 e. The van der Waals surface area contributed by atoms with Gasteiger partial charge in [-0.2, -0.15) is 4.31 Å². The lowest BCUT2D eigenvalue weighted by atomic mass is 10.2. The predicted octanol–water partition coefficient (Wildman–Crippen LogP) is 4.27. The van der Waals surface area contributed by atoms with Crippen molar-refractivity contribution in [1.29, 1.82) is 0 Å². The van der Waals surface area contributed by atoms with Crippen molar-refractivity contribution < 1.29 is 17.6 Å². The van der Waals surface area contributed by atoms with Gasteiger partial charge in [-0.3, -0.25) is 4.79 Å². The summed E-state index contributed by atoms with van der Waals surface area (Å²) in [5.74, 6) is -1.03. The van der Waals surface area contributed by atoms with Crippen LogP contribution in [0.1, 0.15) is 16.7 Å². The fourth-order valence-corrected chi connectivity index (χ4v) is 4.36. The number of hydrogen-bond donors (Lipinski definition) is 1. The van der Waals surface area contributed by atoms with Gasteiger partial charge in [0, 0.05) is 17.8 Å². The largest absolute Gasteiger partial charge is 0.325 e. The summed E-state index contributed by atoms with van der Waals surface area (Å²) in [6.45, 7) is 3.04. The molecule has 30 heavy (non-hydrogen) atoms. The summed E-state index contributed by atoms with van der Waals surface area (Å²) in [5, 5.41) is 2.71. The lowest BCUT2D eigenvalue weighted by Gasteiger charge is -2.22. The number of carbonyl (C=O) groups excluding carboxylic acids is 1. The molecular weight excluding hydrogens is 403 g/mol. The van der Waals surface area contributed by atoms with Crippen LogP contribution in [0.3, 0.4) is 0 Å². The molecule has 0 aliphatic carbocycles. The monoisotopic (exact) mass is 426 g/mol. The number of benzene rings is 3. The molecule has 0 bridgehead atoms. The van der Waals surface area contributed by atoms with Crippen LogP contribution in [0.2, 0.25) is 0 Å². The highest BCUT2D eigenvalue weighted by Crippen LogP contribution is 2.20. The Morgan fingerprint density at radius 3 is 2.30 bits per heavy atom. The van der Waals surface area contributed by atoms with E-state index in [0.717, 1.165) is 15.4 Å². The lowest BCUT2D eigenvalue weighted by molar-refractivity contribution is -0.116. The summed E-state index contributed by atoms with van der Waals surface area (Å²) in [4.78, 5) is 12.7. The van der Waals surface area contributed by atoms with Crippen LogP contribution in [0.5, 0.6) is 0 Å². The molecule has 1 amide bonds. The van der Waals surface area contributed by atoms with Gasteiger partial charge in [-0.25, -0.2) is 12.8 Å². The van der Waals surface area contributed by atoms with Crippen LogP contribution in [0.4, 0.5) is 10.1 Å². The Labute approximate surface area is 176 Å². The van der Waals surface area contributed by atoms with Gasteiger partial charge >= 0.3 is 0 Å². The molecule has 0 atom stereocenters. The Balaban J connectivity index is 1.89. The molecule has 1 N–H and O–H groups in total. The minimum Gasteiger partial charge on any atom is -0.325 e. The van der Waals surface area contributed by atoms with Gasteiger partial charge in [-0.15, -0.1) is 0 Å². The topological polar surface area (TPSA) is 66.5 Å². The molecule has 3 aromatic carbocycles. The number of aryl methyl sites for hydroxylation is 2. The van der Waals surface area contributed by atoms with Gasteiger partial charge in [-0.1, -0.05) is 48.0 Å². The summed E-state index contributed by atoms with van der Waals surface area (Å²) in [6, 6.07) is 19.5. The highest BCUT2D eigenvalue weighted by atomic mass is 32.2. The lowest BCUT2D eigenvalue weighted by Crippen LogP contribution is -2.37. The van der Waals surface area contributed by atoms with Gasteiger partial charge in [0.15, 0.2) is 0 Å². The smallest absolute Gasteiger partial charge is 0.243 e. The van der Waals surface area contributed by atoms with Gasteiger partial charge in [0.05, 0.1) is 11.4 Å². The molecule has 3 aromatic rings. The molecular formula is C23H23FN2O3S. The average Bonchev–Trinajstić information content (AvgIpc) is 2.69. The third kappa shape index (κ3) is 5.31. The molecule has 0 saturated carbocycles. The van der Waals surface area contributed by atoms with Gasteiger partial charge in [0.25, 0.3) is 0 Å². The molecule has 5 nitrogen and oxygen atoms in total. The van der Waals surface area contributed by atoms with E-state index in [2.05, 4.69) is 5.32 Å². The van der Waals surface area contributed by atoms with Crippen molar-refractivity contribution in [3.63, 3.8) is 0 Å². The van der Waals surface area contributed by atoms with Crippen molar-refractivity contribution in [1.82, 2.24) is 4.31 Å². The van der Waals surface area contributed by atoms with Gasteiger partial charge in [-0.05, 0) is 49.7 Å². The van der Waals surface area contributed by atoms with E-state index in [4.69, 9.17) is 0 Å².